The Hall–Kier alpha value is -3.03. The topological polar surface area (TPSA) is 68.3 Å². The molecular weight excluding hydrogens is 575 g/mol. The summed E-state index contributed by atoms with van der Waals surface area (Å²) in [6.07, 6.45) is 2.95. The molecular formula is C26H14BrCl3N2O3. The number of hydrogen-bond acceptors (Lipinski definition) is 4. The van der Waals surface area contributed by atoms with Crippen LogP contribution in [0.25, 0.3) is 40.0 Å². The van der Waals surface area contributed by atoms with Gasteiger partial charge in [0.05, 0.1) is 20.6 Å². The molecule has 0 aliphatic rings. The number of nitrogens with zero attached hydrogens (tertiary/aromatic N) is 1. The summed E-state index contributed by atoms with van der Waals surface area (Å²) in [7, 11) is 0. The highest BCUT2D eigenvalue weighted by atomic mass is 79.9. The van der Waals surface area contributed by atoms with Gasteiger partial charge >= 0.3 is 0 Å². The van der Waals surface area contributed by atoms with Gasteiger partial charge in [-0.05, 0) is 66.7 Å². The van der Waals surface area contributed by atoms with E-state index in [4.69, 9.17) is 43.6 Å². The van der Waals surface area contributed by atoms with Gasteiger partial charge in [-0.15, -0.1) is 0 Å². The fourth-order valence-corrected chi connectivity index (χ4v) is 4.36. The molecule has 1 amide bonds. The molecule has 35 heavy (non-hydrogen) atoms. The van der Waals surface area contributed by atoms with Crippen LogP contribution in [-0.2, 0) is 4.79 Å². The second-order valence-corrected chi connectivity index (χ2v) is 9.56. The summed E-state index contributed by atoms with van der Waals surface area (Å²) >= 11 is 22.0. The quantitative estimate of drug-likeness (QED) is 0.208. The van der Waals surface area contributed by atoms with E-state index in [-0.39, 0.29) is 5.91 Å². The molecule has 0 atom stereocenters. The third kappa shape index (κ3) is 5.16. The molecule has 0 fully saturated rings. The van der Waals surface area contributed by atoms with Crippen LogP contribution in [0.4, 0.5) is 5.69 Å². The number of rotatable bonds is 5. The second-order valence-electron chi connectivity index (χ2n) is 7.45. The Morgan fingerprint density at radius 1 is 0.914 bits per heavy atom. The largest absolute Gasteiger partial charge is 0.457 e. The zero-order valence-electron chi connectivity index (χ0n) is 17.7. The van der Waals surface area contributed by atoms with E-state index in [1.54, 1.807) is 54.6 Å². The maximum absolute atomic E-state index is 12.5. The van der Waals surface area contributed by atoms with Crippen LogP contribution in [0, 0.1) is 0 Å². The smallest absolute Gasteiger partial charge is 0.248 e. The van der Waals surface area contributed by atoms with Crippen LogP contribution in [-0.4, -0.2) is 10.9 Å². The van der Waals surface area contributed by atoms with E-state index in [9.17, 15) is 4.79 Å². The minimum absolute atomic E-state index is 0.332. The van der Waals surface area contributed by atoms with E-state index in [0.717, 1.165) is 4.47 Å². The van der Waals surface area contributed by atoms with Gasteiger partial charge in [0.2, 0.25) is 11.8 Å². The standard InChI is InChI=1S/C26H14BrCl3N2O3/c27-14-4-8-19(28)18(12-14)26-32-21-13-15(5-9-23(21)35-26)31-24(33)11-7-16-6-10-22(34-16)17-2-1-3-20(29)25(17)30/h1-13H,(H,31,33). The Balaban J connectivity index is 1.30. The van der Waals surface area contributed by atoms with Crippen LogP contribution >= 0.6 is 50.7 Å². The second kappa shape index (κ2) is 9.91. The SMILES string of the molecule is O=C(C=Cc1ccc(-c2cccc(Cl)c2Cl)o1)Nc1ccc2oc(-c3cc(Br)ccc3Cl)nc2c1. The van der Waals surface area contributed by atoms with Gasteiger partial charge in [0.15, 0.2) is 5.58 Å². The minimum Gasteiger partial charge on any atom is -0.457 e. The molecule has 174 valence electrons. The molecule has 0 aliphatic carbocycles. The number of fused-ring (bicyclic) bond motifs is 1. The number of carbonyl (C=O) groups is 1. The fourth-order valence-electron chi connectivity index (χ4n) is 3.40. The van der Waals surface area contributed by atoms with Crippen molar-refractivity contribution in [2.24, 2.45) is 0 Å². The first-order chi connectivity index (χ1) is 16.9. The van der Waals surface area contributed by atoms with Crippen LogP contribution in [0.2, 0.25) is 15.1 Å². The van der Waals surface area contributed by atoms with E-state index in [1.165, 1.54) is 6.08 Å². The van der Waals surface area contributed by atoms with Crippen molar-refractivity contribution >= 4 is 79.5 Å². The number of nitrogens with one attached hydrogen (secondary N) is 1. The third-order valence-electron chi connectivity index (χ3n) is 5.06. The predicted molar refractivity (Wildman–Crippen MR) is 144 cm³/mol. The molecule has 0 saturated heterocycles. The first-order valence-corrected chi connectivity index (χ1v) is 12.2. The molecule has 5 nitrogen and oxygen atoms in total. The Kier molecular flexibility index (Phi) is 6.71. The van der Waals surface area contributed by atoms with Crippen molar-refractivity contribution in [3.63, 3.8) is 0 Å². The monoisotopic (exact) mass is 586 g/mol. The van der Waals surface area contributed by atoms with Crippen LogP contribution in [0.5, 0.6) is 0 Å². The van der Waals surface area contributed by atoms with Gasteiger partial charge in [-0.1, -0.05) is 56.8 Å². The molecule has 0 unspecified atom stereocenters. The van der Waals surface area contributed by atoms with Crippen LogP contribution < -0.4 is 5.32 Å². The maximum atomic E-state index is 12.5. The molecule has 0 aliphatic heterocycles. The maximum Gasteiger partial charge on any atom is 0.248 e. The van der Waals surface area contributed by atoms with Gasteiger partial charge in [-0.25, -0.2) is 4.98 Å². The van der Waals surface area contributed by atoms with Crippen LogP contribution in [0.3, 0.4) is 0 Å². The number of oxazole rings is 1. The van der Waals surface area contributed by atoms with E-state index in [0.29, 0.717) is 60.4 Å². The lowest BCUT2D eigenvalue weighted by molar-refractivity contribution is -0.111. The van der Waals surface area contributed by atoms with Gasteiger partial charge in [-0.2, -0.15) is 0 Å². The lowest BCUT2D eigenvalue weighted by atomic mass is 10.2. The first kappa shape index (κ1) is 23.7. The molecule has 2 heterocycles. The molecule has 1 N–H and O–H groups in total. The normalized spacial score (nSPS) is 11.4. The number of amides is 1. The summed E-state index contributed by atoms with van der Waals surface area (Å²) in [5.74, 6) is 1.11. The summed E-state index contributed by atoms with van der Waals surface area (Å²) in [6, 6.07) is 19.4. The zero-order chi connectivity index (χ0) is 24.5. The van der Waals surface area contributed by atoms with Crippen molar-refractivity contribution in [1.82, 2.24) is 4.98 Å². The van der Waals surface area contributed by atoms with E-state index >= 15 is 0 Å². The van der Waals surface area contributed by atoms with E-state index < -0.39 is 0 Å². The Morgan fingerprint density at radius 3 is 2.63 bits per heavy atom. The van der Waals surface area contributed by atoms with Crippen molar-refractivity contribution in [3.05, 3.63) is 98.1 Å². The molecule has 0 radical (unpaired) electrons. The van der Waals surface area contributed by atoms with Gasteiger partial charge in [0.1, 0.15) is 17.0 Å². The number of aromatic nitrogens is 1. The number of furan rings is 1. The average molecular weight is 589 g/mol. The minimum atomic E-state index is -0.332. The Bertz CT molecular complexity index is 1610. The molecule has 0 saturated carbocycles. The molecule has 0 spiro atoms. The number of carbonyl (C=O) groups excluding carboxylic acids is 1. The Morgan fingerprint density at radius 2 is 1.77 bits per heavy atom. The van der Waals surface area contributed by atoms with Gasteiger partial charge in [-0.3, -0.25) is 4.79 Å². The number of hydrogen-bond donors (Lipinski definition) is 1. The van der Waals surface area contributed by atoms with Gasteiger partial charge in [0, 0.05) is 21.8 Å². The zero-order valence-corrected chi connectivity index (χ0v) is 21.5. The van der Waals surface area contributed by atoms with Crippen molar-refractivity contribution in [2.75, 3.05) is 5.32 Å². The lowest BCUT2D eigenvalue weighted by Gasteiger charge is -2.02. The highest BCUT2D eigenvalue weighted by Gasteiger charge is 2.13. The van der Waals surface area contributed by atoms with Crippen molar-refractivity contribution in [3.8, 4) is 22.8 Å². The van der Waals surface area contributed by atoms with Crippen LogP contribution in [0.15, 0.2) is 86.1 Å². The summed E-state index contributed by atoms with van der Waals surface area (Å²) in [5.41, 5.74) is 3.08. The molecule has 9 heteroatoms. The van der Waals surface area contributed by atoms with Crippen molar-refractivity contribution in [1.29, 1.82) is 0 Å². The molecule has 3 aromatic carbocycles. The number of halogens is 4. The highest BCUT2D eigenvalue weighted by molar-refractivity contribution is 9.10. The van der Waals surface area contributed by atoms with Gasteiger partial charge in [0.25, 0.3) is 0 Å². The summed E-state index contributed by atoms with van der Waals surface area (Å²) in [6.45, 7) is 0. The summed E-state index contributed by atoms with van der Waals surface area (Å²) in [5, 5.41) is 4.18. The van der Waals surface area contributed by atoms with E-state index in [2.05, 4.69) is 26.2 Å². The Labute approximate surface area is 223 Å². The molecule has 5 rings (SSSR count). The first-order valence-electron chi connectivity index (χ1n) is 10.3. The third-order valence-corrected chi connectivity index (χ3v) is 6.70. The van der Waals surface area contributed by atoms with Crippen molar-refractivity contribution < 1.29 is 13.6 Å². The molecule has 0 bridgehead atoms. The predicted octanol–water partition coefficient (Wildman–Crippen LogP) is 9.13. The highest BCUT2D eigenvalue weighted by Crippen LogP contribution is 2.35. The average Bonchev–Trinajstić information content (AvgIpc) is 3.48. The molecule has 5 aromatic rings. The van der Waals surface area contributed by atoms with E-state index in [1.807, 2.05) is 18.2 Å². The summed E-state index contributed by atoms with van der Waals surface area (Å²) < 4.78 is 12.5. The number of anilines is 1. The van der Waals surface area contributed by atoms with Crippen LogP contribution in [0.1, 0.15) is 5.76 Å². The van der Waals surface area contributed by atoms with Crippen molar-refractivity contribution in [2.45, 2.75) is 0 Å². The van der Waals surface area contributed by atoms with Gasteiger partial charge < -0.3 is 14.2 Å². The summed E-state index contributed by atoms with van der Waals surface area (Å²) in [4.78, 5) is 17.0. The molecule has 2 aromatic heterocycles. The lowest BCUT2D eigenvalue weighted by Crippen LogP contribution is -2.07. The number of benzene rings is 3. The fraction of sp³-hybridized carbons (Fsp3) is 0.